The molecular weight excluding hydrogens is 454 g/mol. The number of nitrogen functional groups attached to an aromatic ring is 1. The second kappa shape index (κ2) is 8.64. The fourth-order valence-electron chi connectivity index (χ4n) is 5.01. The molecule has 0 spiro atoms. The molecule has 3 heterocycles. The first-order valence-electron chi connectivity index (χ1n) is 11.3. The number of hydrogen-bond acceptors (Lipinski definition) is 7. The van der Waals surface area contributed by atoms with Gasteiger partial charge >= 0.3 is 0 Å². The maximum absolute atomic E-state index is 11.5. The lowest BCUT2D eigenvalue weighted by Gasteiger charge is -2.44. The summed E-state index contributed by atoms with van der Waals surface area (Å²) in [6.07, 6.45) is 6.79. The minimum Gasteiger partial charge on any atom is -0.383 e. The summed E-state index contributed by atoms with van der Waals surface area (Å²) in [5, 5.41) is 0.811. The van der Waals surface area contributed by atoms with Crippen molar-refractivity contribution >= 4 is 32.8 Å². The van der Waals surface area contributed by atoms with Crippen molar-refractivity contribution in [1.82, 2.24) is 24.2 Å². The van der Waals surface area contributed by atoms with E-state index in [1.807, 2.05) is 24.3 Å². The van der Waals surface area contributed by atoms with E-state index in [0.717, 1.165) is 66.5 Å². The van der Waals surface area contributed by atoms with Crippen LogP contribution in [0.2, 0.25) is 0 Å². The van der Waals surface area contributed by atoms with Crippen molar-refractivity contribution in [2.45, 2.75) is 25.4 Å². The van der Waals surface area contributed by atoms with E-state index in [1.54, 1.807) is 0 Å². The first-order valence-corrected chi connectivity index (χ1v) is 13.2. The Morgan fingerprint density at radius 1 is 1.24 bits per heavy atom. The van der Waals surface area contributed by atoms with Gasteiger partial charge in [-0.15, -0.1) is 0 Å². The van der Waals surface area contributed by atoms with E-state index >= 15 is 0 Å². The van der Waals surface area contributed by atoms with E-state index in [9.17, 15) is 13.2 Å². The van der Waals surface area contributed by atoms with Crippen LogP contribution >= 0.6 is 0 Å². The molecule has 1 aliphatic heterocycles. The SMILES string of the molecule is CS(=O)(=O)NCc1cccc(-c2cn(C3CC(CN4CC(C(N)=O)C4)C3)c3ncnc(N)c23)c1. The van der Waals surface area contributed by atoms with E-state index in [4.69, 9.17) is 11.5 Å². The van der Waals surface area contributed by atoms with Crippen LogP contribution < -0.4 is 16.2 Å². The van der Waals surface area contributed by atoms with Gasteiger partial charge in [-0.2, -0.15) is 0 Å². The Kier molecular flexibility index (Phi) is 5.78. The molecule has 1 aromatic carbocycles. The summed E-state index contributed by atoms with van der Waals surface area (Å²) >= 11 is 0. The molecule has 1 aliphatic carbocycles. The number of hydrogen-bond donors (Lipinski definition) is 3. The molecule has 10 nitrogen and oxygen atoms in total. The number of nitrogens with zero attached hydrogens (tertiary/aromatic N) is 4. The second-order valence-electron chi connectivity index (χ2n) is 9.51. The van der Waals surface area contributed by atoms with Gasteiger partial charge < -0.3 is 20.9 Å². The number of rotatable bonds is 8. The summed E-state index contributed by atoms with van der Waals surface area (Å²) in [6.45, 7) is 2.73. The zero-order chi connectivity index (χ0) is 24.0. The number of fused-ring (bicyclic) bond motifs is 1. The van der Waals surface area contributed by atoms with E-state index in [0.29, 0.717) is 17.8 Å². The predicted molar refractivity (Wildman–Crippen MR) is 130 cm³/mol. The highest BCUT2D eigenvalue weighted by Gasteiger charge is 2.37. The number of nitrogens with one attached hydrogen (secondary N) is 1. The molecule has 2 aromatic heterocycles. The first-order chi connectivity index (χ1) is 16.2. The molecular formula is C23H29N7O3S. The molecule has 0 unspecified atom stereocenters. The first kappa shape index (κ1) is 22.8. The van der Waals surface area contributed by atoms with E-state index in [2.05, 4.69) is 30.4 Å². The number of aromatic nitrogens is 3. The number of amides is 1. The predicted octanol–water partition coefficient (Wildman–Crippen LogP) is 1.10. The second-order valence-corrected chi connectivity index (χ2v) is 11.3. The van der Waals surface area contributed by atoms with Crippen LogP contribution in [0.3, 0.4) is 0 Å². The molecule has 1 saturated heterocycles. The molecule has 3 aromatic rings. The molecule has 0 atom stereocenters. The third-order valence-electron chi connectivity index (χ3n) is 6.90. The number of nitrogens with two attached hydrogens (primary N) is 2. The van der Waals surface area contributed by atoms with Gasteiger partial charge in [-0.1, -0.05) is 18.2 Å². The van der Waals surface area contributed by atoms with Gasteiger partial charge in [0.2, 0.25) is 15.9 Å². The maximum atomic E-state index is 11.5. The minimum absolute atomic E-state index is 0.00473. The number of anilines is 1. The lowest BCUT2D eigenvalue weighted by atomic mass is 9.79. The van der Waals surface area contributed by atoms with Gasteiger partial charge in [0.05, 0.1) is 17.6 Å². The average molecular weight is 484 g/mol. The van der Waals surface area contributed by atoms with Crippen molar-refractivity contribution in [3.8, 4) is 11.1 Å². The quantitative estimate of drug-likeness (QED) is 0.434. The molecule has 5 N–H and O–H groups in total. The summed E-state index contributed by atoms with van der Waals surface area (Å²) in [7, 11) is -3.28. The van der Waals surface area contributed by atoms with Crippen LogP contribution in [-0.4, -0.2) is 59.6 Å². The summed E-state index contributed by atoms with van der Waals surface area (Å²) in [5.74, 6) is 0.786. The van der Waals surface area contributed by atoms with Crippen molar-refractivity contribution in [1.29, 1.82) is 0 Å². The van der Waals surface area contributed by atoms with Crippen LogP contribution in [0.1, 0.15) is 24.4 Å². The Bertz CT molecular complexity index is 1340. The number of benzene rings is 1. The van der Waals surface area contributed by atoms with E-state index in [-0.39, 0.29) is 18.4 Å². The molecule has 1 saturated carbocycles. The molecule has 34 heavy (non-hydrogen) atoms. The summed E-state index contributed by atoms with van der Waals surface area (Å²) in [5.41, 5.74) is 15.2. The zero-order valence-corrected chi connectivity index (χ0v) is 19.8. The third kappa shape index (κ3) is 4.50. The van der Waals surface area contributed by atoms with Crippen LogP contribution in [0.4, 0.5) is 5.82 Å². The van der Waals surface area contributed by atoms with Crippen LogP contribution in [0.5, 0.6) is 0 Å². The van der Waals surface area contributed by atoms with Gasteiger partial charge in [0.25, 0.3) is 0 Å². The number of carbonyl (C=O) groups excluding carboxylic acids is 1. The topological polar surface area (TPSA) is 149 Å². The third-order valence-corrected chi connectivity index (χ3v) is 7.56. The van der Waals surface area contributed by atoms with Gasteiger partial charge in [-0.25, -0.2) is 23.1 Å². The standard InChI is InChI=1S/C23H29N7O3S/c1-34(32,33)28-8-14-3-2-4-16(5-14)19-12-30(23-20(19)21(24)26-13-27-23)18-6-15(7-18)9-29-10-17(11-29)22(25)31/h2-5,12-13,15,17-18,28H,6-11H2,1H3,(H2,25,31)(H2,24,26,27). The lowest BCUT2D eigenvalue weighted by Crippen LogP contribution is -2.54. The Morgan fingerprint density at radius 2 is 2.00 bits per heavy atom. The van der Waals surface area contributed by atoms with Crippen molar-refractivity contribution < 1.29 is 13.2 Å². The Hall–Kier alpha value is -3.02. The molecule has 0 bridgehead atoms. The number of primary amides is 1. The molecule has 2 aliphatic rings. The van der Waals surface area contributed by atoms with Crippen molar-refractivity contribution in [2.75, 3.05) is 31.6 Å². The summed E-state index contributed by atoms with van der Waals surface area (Å²) in [6, 6.07) is 8.06. The lowest BCUT2D eigenvalue weighted by molar-refractivity contribution is -0.127. The highest BCUT2D eigenvalue weighted by Crippen LogP contribution is 2.43. The number of likely N-dealkylation sites (tertiary alicyclic amines) is 1. The molecule has 5 rings (SSSR count). The Balaban J connectivity index is 1.36. The monoisotopic (exact) mass is 483 g/mol. The van der Waals surface area contributed by atoms with Gasteiger partial charge in [0, 0.05) is 44.0 Å². The van der Waals surface area contributed by atoms with E-state index < -0.39 is 10.0 Å². The molecule has 1 amide bonds. The van der Waals surface area contributed by atoms with Gasteiger partial charge in [0.15, 0.2) is 0 Å². The summed E-state index contributed by atoms with van der Waals surface area (Å²) in [4.78, 5) is 22.3. The molecule has 0 radical (unpaired) electrons. The average Bonchev–Trinajstić information content (AvgIpc) is 3.10. The van der Waals surface area contributed by atoms with Gasteiger partial charge in [-0.05, 0) is 36.0 Å². The number of carbonyl (C=O) groups is 1. The smallest absolute Gasteiger partial charge is 0.223 e. The molecule has 11 heteroatoms. The summed E-state index contributed by atoms with van der Waals surface area (Å²) < 4.78 is 27.7. The molecule has 180 valence electrons. The minimum atomic E-state index is -3.28. The van der Waals surface area contributed by atoms with Crippen LogP contribution in [0, 0.1) is 11.8 Å². The van der Waals surface area contributed by atoms with Gasteiger partial charge in [-0.3, -0.25) is 4.79 Å². The normalized spacial score (nSPS) is 21.3. The Labute approximate surface area is 198 Å². The molecule has 2 fully saturated rings. The van der Waals surface area contributed by atoms with E-state index in [1.165, 1.54) is 6.33 Å². The maximum Gasteiger partial charge on any atom is 0.223 e. The number of sulfonamides is 1. The van der Waals surface area contributed by atoms with Crippen molar-refractivity contribution in [2.24, 2.45) is 17.6 Å². The highest BCUT2D eigenvalue weighted by molar-refractivity contribution is 7.88. The van der Waals surface area contributed by atoms with Crippen LogP contribution in [0.25, 0.3) is 22.2 Å². The Morgan fingerprint density at radius 3 is 2.71 bits per heavy atom. The van der Waals surface area contributed by atoms with Crippen molar-refractivity contribution in [3.63, 3.8) is 0 Å². The zero-order valence-electron chi connectivity index (χ0n) is 19.0. The van der Waals surface area contributed by atoms with Crippen LogP contribution in [0.15, 0.2) is 36.8 Å². The fourth-order valence-corrected chi connectivity index (χ4v) is 5.44. The fraction of sp³-hybridized carbons (Fsp3) is 0.435. The highest BCUT2D eigenvalue weighted by atomic mass is 32.2. The van der Waals surface area contributed by atoms with Gasteiger partial charge in [0.1, 0.15) is 17.8 Å². The largest absolute Gasteiger partial charge is 0.383 e. The van der Waals surface area contributed by atoms with Crippen LogP contribution in [-0.2, 0) is 21.4 Å². The van der Waals surface area contributed by atoms with Crippen molar-refractivity contribution in [3.05, 3.63) is 42.4 Å².